The van der Waals surface area contributed by atoms with Crippen molar-refractivity contribution in [2.45, 2.75) is 47.5 Å². The molecular weight excluding hydrogens is 222 g/mol. The second kappa shape index (κ2) is 9.72. The molecule has 0 unspecified atom stereocenters. The largest absolute Gasteiger partial charge is 0.461 e. The van der Waals surface area contributed by atoms with E-state index in [4.69, 9.17) is 10.2 Å². The van der Waals surface area contributed by atoms with Crippen molar-refractivity contribution in [2.24, 2.45) is 5.73 Å². The van der Waals surface area contributed by atoms with E-state index in [2.05, 4.69) is 31.2 Å². The summed E-state index contributed by atoms with van der Waals surface area (Å²) in [6.07, 6.45) is 1.86. The molecule has 104 valence electrons. The van der Waals surface area contributed by atoms with Gasteiger partial charge in [0.25, 0.3) is 0 Å². The first kappa shape index (κ1) is 16.7. The molecule has 2 heteroatoms. The molecule has 0 saturated carbocycles. The van der Waals surface area contributed by atoms with Gasteiger partial charge in [-0.2, -0.15) is 0 Å². The van der Waals surface area contributed by atoms with E-state index in [1.54, 1.807) is 0 Å². The average molecular weight is 251 g/mol. The lowest BCUT2D eigenvalue weighted by Crippen LogP contribution is -2.01. The lowest BCUT2D eigenvalue weighted by atomic mass is 10.1. The molecule has 0 atom stereocenters. The van der Waals surface area contributed by atoms with Crippen LogP contribution in [0.5, 0.6) is 0 Å². The molecule has 0 aliphatic carbocycles. The molecule has 2 aromatic rings. The molecule has 0 aliphatic rings. The zero-order valence-electron chi connectivity index (χ0n) is 12.4. The van der Waals surface area contributed by atoms with Gasteiger partial charge >= 0.3 is 0 Å². The van der Waals surface area contributed by atoms with Gasteiger partial charge in [-0.25, -0.2) is 0 Å². The van der Waals surface area contributed by atoms with Crippen LogP contribution < -0.4 is 5.73 Å². The standard InChI is InChI=1S/C12H15NO.2C2H6.H2/c1-2-9-3-4-10-8-11(5-6-13)14-12(10)7-9;2*1-2;/h3-4,7-8H,2,5-6,13H2,1H3;2*1-2H3;1H. The first-order valence-electron chi connectivity index (χ1n) is 7.05. The molecule has 2 nitrogen and oxygen atoms in total. The van der Waals surface area contributed by atoms with Crippen molar-refractivity contribution in [1.29, 1.82) is 0 Å². The van der Waals surface area contributed by atoms with Crippen LogP contribution in [-0.2, 0) is 12.8 Å². The Morgan fingerprint density at radius 1 is 1.11 bits per heavy atom. The van der Waals surface area contributed by atoms with Crippen LogP contribution in [-0.4, -0.2) is 6.54 Å². The second-order valence-electron chi connectivity index (χ2n) is 3.48. The van der Waals surface area contributed by atoms with Crippen LogP contribution in [0.4, 0.5) is 0 Å². The molecule has 0 aliphatic heterocycles. The number of fused-ring (bicyclic) bond motifs is 1. The summed E-state index contributed by atoms with van der Waals surface area (Å²) in [6.45, 7) is 10.8. The van der Waals surface area contributed by atoms with Crippen LogP contribution >= 0.6 is 0 Å². The fourth-order valence-corrected chi connectivity index (χ4v) is 1.62. The van der Waals surface area contributed by atoms with Crippen LogP contribution in [0.2, 0.25) is 0 Å². The molecule has 18 heavy (non-hydrogen) atoms. The zero-order valence-corrected chi connectivity index (χ0v) is 12.4. The topological polar surface area (TPSA) is 39.2 Å². The number of benzene rings is 1. The van der Waals surface area contributed by atoms with Crippen molar-refractivity contribution in [3.63, 3.8) is 0 Å². The molecular formula is C16H29NO. The Balaban J connectivity index is 0. The highest BCUT2D eigenvalue weighted by Crippen LogP contribution is 2.21. The molecule has 0 spiro atoms. The summed E-state index contributed by atoms with van der Waals surface area (Å²) in [5.74, 6) is 0.982. The summed E-state index contributed by atoms with van der Waals surface area (Å²) in [4.78, 5) is 0. The van der Waals surface area contributed by atoms with Gasteiger partial charge in [0.1, 0.15) is 11.3 Å². The smallest absolute Gasteiger partial charge is 0.134 e. The molecule has 0 amide bonds. The minimum absolute atomic E-state index is 0. The van der Waals surface area contributed by atoms with Crippen molar-refractivity contribution >= 4 is 11.0 Å². The van der Waals surface area contributed by atoms with E-state index in [9.17, 15) is 0 Å². The summed E-state index contributed by atoms with van der Waals surface area (Å²) in [5, 5.41) is 1.17. The summed E-state index contributed by atoms with van der Waals surface area (Å²) in [6, 6.07) is 8.43. The fourth-order valence-electron chi connectivity index (χ4n) is 1.62. The SMILES string of the molecule is CC.CC.CCc1ccc2cc(CCN)oc2c1.[HH]. The monoisotopic (exact) mass is 251 g/mol. The Morgan fingerprint density at radius 2 is 1.78 bits per heavy atom. The molecule has 1 aromatic carbocycles. The second-order valence-corrected chi connectivity index (χ2v) is 3.48. The number of aryl methyl sites for hydroxylation is 1. The van der Waals surface area contributed by atoms with Gasteiger partial charge in [0.2, 0.25) is 0 Å². The molecule has 0 fully saturated rings. The molecule has 1 aromatic heterocycles. The number of nitrogens with two attached hydrogens (primary N) is 1. The summed E-state index contributed by atoms with van der Waals surface area (Å²) < 4.78 is 5.67. The van der Waals surface area contributed by atoms with E-state index in [0.717, 1.165) is 24.2 Å². The Labute approximate surface area is 113 Å². The molecule has 0 saturated heterocycles. The minimum Gasteiger partial charge on any atom is -0.461 e. The number of rotatable bonds is 3. The third kappa shape index (κ3) is 4.53. The van der Waals surface area contributed by atoms with E-state index < -0.39 is 0 Å². The number of furan rings is 1. The Hall–Kier alpha value is -1.28. The third-order valence-electron chi connectivity index (χ3n) is 2.43. The third-order valence-corrected chi connectivity index (χ3v) is 2.43. The highest BCUT2D eigenvalue weighted by Gasteiger charge is 2.02. The van der Waals surface area contributed by atoms with E-state index in [1.165, 1.54) is 10.9 Å². The Kier molecular flexibility index (Phi) is 9.03. The van der Waals surface area contributed by atoms with Crippen LogP contribution in [0.25, 0.3) is 11.0 Å². The first-order chi connectivity index (χ1) is 8.83. The fraction of sp³-hybridized carbons (Fsp3) is 0.500. The van der Waals surface area contributed by atoms with Gasteiger partial charge < -0.3 is 10.2 Å². The van der Waals surface area contributed by atoms with Gasteiger partial charge in [-0.15, -0.1) is 0 Å². The van der Waals surface area contributed by atoms with E-state index in [1.807, 2.05) is 27.7 Å². The van der Waals surface area contributed by atoms with Gasteiger partial charge in [0.15, 0.2) is 0 Å². The Bertz CT molecular complexity index is 437. The average Bonchev–Trinajstić information content (AvgIpc) is 2.85. The predicted molar refractivity (Wildman–Crippen MR) is 83.2 cm³/mol. The van der Waals surface area contributed by atoms with Crippen LogP contribution in [0.3, 0.4) is 0 Å². The van der Waals surface area contributed by atoms with Crippen molar-refractivity contribution in [2.75, 3.05) is 6.54 Å². The van der Waals surface area contributed by atoms with E-state index in [-0.39, 0.29) is 1.43 Å². The Morgan fingerprint density at radius 3 is 2.33 bits per heavy atom. The van der Waals surface area contributed by atoms with Gasteiger partial charge in [-0.3, -0.25) is 0 Å². The zero-order chi connectivity index (χ0) is 14.0. The predicted octanol–water partition coefficient (Wildman–Crippen LogP) is 4.79. The van der Waals surface area contributed by atoms with Crippen LogP contribution in [0, 0.1) is 0 Å². The van der Waals surface area contributed by atoms with Gasteiger partial charge in [0.05, 0.1) is 0 Å². The van der Waals surface area contributed by atoms with Gasteiger partial charge in [-0.05, 0) is 30.7 Å². The quantitative estimate of drug-likeness (QED) is 0.851. The maximum absolute atomic E-state index is 5.67. The van der Waals surface area contributed by atoms with Crippen molar-refractivity contribution in [3.8, 4) is 0 Å². The summed E-state index contributed by atoms with van der Waals surface area (Å²) in [5.41, 5.74) is 7.77. The van der Waals surface area contributed by atoms with Gasteiger partial charge in [0, 0.05) is 13.2 Å². The lowest BCUT2D eigenvalue weighted by Gasteiger charge is -1.94. The van der Waals surface area contributed by atoms with Crippen LogP contribution in [0.1, 0.15) is 47.4 Å². The number of hydrogen-bond acceptors (Lipinski definition) is 2. The maximum Gasteiger partial charge on any atom is 0.134 e. The van der Waals surface area contributed by atoms with Gasteiger partial charge in [-0.1, -0.05) is 46.8 Å². The van der Waals surface area contributed by atoms with Crippen molar-refractivity contribution < 1.29 is 5.84 Å². The highest BCUT2D eigenvalue weighted by atomic mass is 16.3. The van der Waals surface area contributed by atoms with E-state index >= 15 is 0 Å². The summed E-state index contributed by atoms with van der Waals surface area (Å²) in [7, 11) is 0. The molecule has 1 heterocycles. The molecule has 0 bridgehead atoms. The minimum atomic E-state index is 0. The van der Waals surface area contributed by atoms with Crippen molar-refractivity contribution in [3.05, 3.63) is 35.6 Å². The normalized spacial score (nSPS) is 9.22. The van der Waals surface area contributed by atoms with Crippen molar-refractivity contribution in [1.82, 2.24) is 0 Å². The lowest BCUT2D eigenvalue weighted by molar-refractivity contribution is 0.550. The van der Waals surface area contributed by atoms with Crippen LogP contribution in [0.15, 0.2) is 28.7 Å². The molecule has 0 radical (unpaired) electrons. The molecule has 2 N–H and O–H groups in total. The van der Waals surface area contributed by atoms with E-state index in [0.29, 0.717) is 6.54 Å². The summed E-state index contributed by atoms with van der Waals surface area (Å²) >= 11 is 0. The highest BCUT2D eigenvalue weighted by molar-refractivity contribution is 5.78. The first-order valence-corrected chi connectivity index (χ1v) is 7.05. The number of hydrogen-bond donors (Lipinski definition) is 1. The molecule has 2 rings (SSSR count). The maximum atomic E-state index is 5.67.